The summed E-state index contributed by atoms with van der Waals surface area (Å²) < 4.78 is 7.15. The number of halogens is 1. The smallest absolute Gasteiger partial charge is 0.257 e. The number of piperazine rings is 1. The van der Waals surface area contributed by atoms with Gasteiger partial charge in [-0.05, 0) is 36.4 Å². The summed E-state index contributed by atoms with van der Waals surface area (Å²) in [5.74, 6) is 1.42. The first-order chi connectivity index (χ1) is 16.6. The minimum absolute atomic E-state index is 0.0493. The summed E-state index contributed by atoms with van der Waals surface area (Å²) in [5, 5.41) is 5.41. The van der Waals surface area contributed by atoms with Gasteiger partial charge < -0.3 is 14.5 Å². The zero-order valence-corrected chi connectivity index (χ0v) is 19.5. The van der Waals surface area contributed by atoms with Crippen molar-refractivity contribution in [2.45, 2.75) is 0 Å². The first-order valence-electron chi connectivity index (χ1n) is 11.1. The van der Waals surface area contributed by atoms with Crippen LogP contribution >= 0.6 is 11.6 Å². The van der Waals surface area contributed by atoms with Gasteiger partial charge in [0.25, 0.3) is 5.91 Å². The van der Waals surface area contributed by atoms with E-state index in [1.807, 2.05) is 77.8 Å². The molecule has 1 amide bonds. The second-order valence-electron chi connectivity index (χ2n) is 7.99. The number of rotatable bonds is 5. The number of hydrogen-bond acceptors (Lipinski definition) is 5. The van der Waals surface area contributed by atoms with Gasteiger partial charge in [-0.2, -0.15) is 5.10 Å². The molecule has 0 bridgehead atoms. The number of hydrogen-bond donors (Lipinski definition) is 0. The molecule has 0 saturated carbocycles. The molecule has 0 aliphatic carbocycles. The lowest BCUT2D eigenvalue weighted by molar-refractivity contribution is 0.0747. The summed E-state index contributed by atoms with van der Waals surface area (Å²) in [7, 11) is 1.63. The van der Waals surface area contributed by atoms with Crippen molar-refractivity contribution < 1.29 is 9.53 Å². The molecule has 172 valence electrons. The number of nitrogens with zero attached hydrogens (tertiary/aromatic N) is 5. The van der Waals surface area contributed by atoms with E-state index in [4.69, 9.17) is 21.4 Å². The molecule has 1 aliphatic heterocycles. The number of pyridine rings is 1. The van der Waals surface area contributed by atoms with Gasteiger partial charge >= 0.3 is 0 Å². The maximum Gasteiger partial charge on any atom is 0.257 e. The molecule has 0 radical (unpaired) electrons. The average molecular weight is 474 g/mol. The Morgan fingerprint density at radius 2 is 1.76 bits per heavy atom. The van der Waals surface area contributed by atoms with E-state index in [-0.39, 0.29) is 5.91 Å². The second kappa shape index (κ2) is 9.57. The number of amides is 1. The van der Waals surface area contributed by atoms with Gasteiger partial charge in [0, 0.05) is 44.1 Å². The van der Waals surface area contributed by atoms with E-state index in [0.29, 0.717) is 48.2 Å². The molecular formula is C26H24ClN5O2. The van der Waals surface area contributed by atoms with Crippen LogP contribution in [0.3, 0.4) is 0 Å². The van der Waals surface area contributed by atoms with Crippen LogP contribution in [-0.4, -0.2) is 58.9 Å². The summed E-state index contributed by atoms with van der Waals surface area (Å²) in [6.07, 6.45) is 3.55. The molecule has 0 N–H and O–H groups in total. The van der Waals surface area contributed by atoms with Gasteiger partial charge in [-0.3, -0.25) is 4.79 Å². The molecule has 0 spiro atoms. The van der Waals surface area contributed by atoms with Gasteiger partial charge in [-0.25, -0.2) is 9.67 Å². The summed E-state index contributed by atoms with van der Waals surface area (Å²) in [6, 6.07) is 21.1. The van der Waals surface area contributed by atoms with Crippen molar-refractivity contribution in [3.8, 4) is 22.7 Å². The molecule has 34 heavy (non-hydrogen) atoms. The highest BCUT2D eigenvalue weighted by molar-refractivity contribution is 6.32. The zero-order chi connectivity index (χ0) is 23.5. The number of para-hydroxylation sites is 1. The van der Waals surface area contributed by atoms with Gasteiger partial charge in [0.2, 0.25) is 0 Å². The first kappa shape index (κ1) is 22.0. The summed E-state index contributed by atoms with van der Waals surface area (Å²) >= 11 is 6.32. The van der Waals surface area contributed by atoms with Crippen LogP contribution < -0.4 is 9.64 Å². The third-order valence-corrected chi connectivity index (χ3v) is 6.21. The maximum atomic E-state index is 13.7. The quantitative estimate of drug-likeness (QED) is 0.425. The van der Waals surface area contributed by atoms with Crippen LogP contribution in [0.15, 0.2) is 79.1 Å². The molecule has 5 rings (SSSR count). The van der Waals surface area contributed by atoms with E-state index in [1.165, 1.54) is 0 Å². The summed E-state index contributed by atoms with van der Waals surface area (Å²) in [5.41, 5.74) is 2.90. The Hall–Kier alpha value is -3.84. The molecule has 7 nitrogen and oxygen atoms in total. The Labute approximate surface area is 203 Å². The number of methoxy groups -OCH3 is 1. The van der Waals surface area contributed by atoms with Gasteiger partial charge in [0.1, 0.15) is 17.3 Å². The number of carbonyl (C=O) groups is 1. The second-order valence-corrected chi connectivity index (χ2v) is 8.40. The van der Waals surface area contributed by atoms with Gasteiger partial charge in [0.05, 0.1) is 23.4 Å². The largest absolute Gasteiger partial charge is 0.497 e. The molecule has 2 aromatic heterocycles. The third-order valence-electron chi connectivity index (χ3n) is 5.91. The molecule has 3 heterocycles. The molecule has 0 unspecified atom stereocenters. The zero-order valence-electron chi connectivity index (χ0n) is 18.8. The molecule has 8 heteroatoms. The van der Waals surface area contributed by atoms with E-state index < -0.39 is 0 Å². The minimum atomic E-state index is -0.0493. The van der Waals surface area contributed by atoms with Crippen LogP contribution in [0, 0.1) is 0 Å². The predicted molar refractivity (Wildman–Crippen MR) is 133 cm³/mol. The van der Waals surface area contributed by atoms with Crippen molar-refractivity contribution in [2.75, 3.05) is 38.2 Å². The Kier molecular flexibility index (Phi) is 6.18. The van der Waals surface area contributed by atoms with Crippen LogP contribution in [-0.2, 0) is 0 Å². The maximum absolute atomic E-state index is 13.7. The summed E-state index contributed by atoms with van der Waals surface area (Å²) in [6.45, 7) is 2.45. The molecular weight excluding hydrogens is 450 g/mol. The van der Waals surface area contributed by atoms with Crippen LogP contribution in [0.1, 0.15) is 10.4 Å². The Balaban J connectivity index is 1.44. The van der Waals surface area contributed by atoms with E-state index >= 15 is 0 Å². The van der Waals surface area contributed by atoms with Crippen LogP contribution in [0.5, 0.6) is 5.75 Å². The molecule has 0 atom stereocenters. The van der Waals surface area contributed by atoms with E-state index in [0.717, 1.165) is 17.1 Å². The lowest BCUT2D eigenvalue weighted by atomic mass is 10.1. The monoisotopic (exact) mass is 473 g/mol. The molecule has 1 fully saturated rings. The lowest BCUT2D eigenvalue weighted by Crippen LogP contribution is -2.49. The highest BCUT2D eigenvalue weighted by Gasteiger charge is 2.27. The third kappa shape index (κ3) is 4.34. The Morgan fingerprint density at radius 1 is 0.971 bits per heavy atom. The topological polar surface area (TPSA) is 63.5 Å². The van der Waals surface area contributed by atoms with Gasteiger partial charge in [-0.1, -0.05) is 41.9 Å². The highest BCUT2D eigenvalue weighted by Crippen LogP contribution is 2.29. The molecule has 4 aromatic rings. The van der Waals surface area contributed by atoms with Crippen molar-refractivity contribution in [1.82, 2.24) is 19.7 Å². The fraction of sp³-hybridized carbons (Fsp3) is 0.192. The van der Waals surface area contributed by atoms with Crippen molar-refractivity contribution >= 4 is 23.3 Å². The van der Waals surface area contributed by atoms with Crippen LogP contribution in [0.2, 0.25) is 5.02 Å². The van der Waals surface area contributed by atoms with E-state index in [9.17, 15) is 4.79 Å². The fourth-order valence-corrected chi connectivity index (χ4v) is 4.37. The van der Waals surface area contributed by atoms with E-state index in [1.54, 1.807) is 18.0 Å². The predicted octanol–water partition coefficient (Wildman–Crippen LogP) is 4.56. The number of anilines is 1. The SMILES string of the molecule is COc1cccc(-c2nn(-c3ccccc3)cc2C(=O)N2CCN(c3ncccc3Cl)CC2)c1. The van der Waals surface area contributed by atoms with E-state index in [2.05, 4.69) is 9.88 Å². The van der Waals surface area contributed by atoms with Crippen molar-refractivity contribution in [3.05, 3.63) is 89.7 Å². The Bertz CT molecular complexity index is 1300. The number of ether oxygens (including phenoxy) is 1. The normalized spacial score (nSPS) is 13.7. The molecule has 1 saturated heterocycles. The number of carbonyl (C=O) groups excluding carboxylic acids is 1. The van der Waals surface area contributed by atoms with Crippen LogP contribution in [0.4, 0.5) is 5.82 Å². The number of benzene rings is 2. The van der Waals surface area contributed by atoms with Crippen LogP contribution in [0.25, 0.3) is 16.9 Å². The summed E-state index contributed by atoms with van der Waals surface area (Å²) in [4.78, 5) is 22.1. The van der Waals surface area contributed by atoms with Gasteiger partial charge in [-0.15, -0.1) is 0 Å². The first-order valence-corrected chi connectivity index (χ1v) is 11.5. The van der Waals surface area contributed by atoms with Crippen molar-refractivity contribution in [2.24, 2.45) is 0 Å². The molecule has 1 aliphatic rings. The number of aromatic nitrogens is 3. The van der Waals surface area contributed by atoms with Crippen molar-refractivity contribution in [1.29, 1.82) is 0 Å². The Morgan fingerprint density at radius 3 is 2.50 bits per heavy atom. The van der Waals surface area contributed by atoms with Gasteiger partial charge in [0.15, 0.2) is 0 Å². The fourth-order valence-electron chi connectivity index (χ4n) is 4.13. The highest BCUT2D eigenvalue weighted by atomic mass is 35.5. The standard InChI is InChI=1S/C26H24ClN5O2/c1-34-21-10-5-7-19(17-21)24-22(18-32(29-24)20-8-3-2-4-9-20)26(33)31-15-13-30(14-16-31)25-23(27)11-6-12-28-25/h2-12,17-18H,13-16H2,1H3. The molecule has 2 aromatic carbocycles. The average Bonchev–Trinajstić information content (AvgIpc) is 3.35. The minimum Gasteiger partial charge on any atom is -0.497 e. The van der Waals surface area contributed by atoms with Crippen molar-refractivity contribution in [3.63, 3.8) is 0 Å². The lowest BCUT2D eigenvalue weighted by Gasteiger charge is -2.35.